The molecule has 0 amide bonds. The molecule has 2 aromatic rings. The molecule has 0 radical (unpaired) electrons. The Morgan fingerprint density at radius 1 is 1.42 bits per heavy atom. The normalized spacial score (nSPS) is 9.89. The SMILES string of the molecule is CC(=O)c1ccc(C#N)c(NCCc2ccsc2)c1. The number of nitrogens with one attached hydrogen (secondary N) is 1. The standard InChI is InChI=1S/C15H14N2OS/c1-11(18)13-2-3-14(9-16)15(8-13)17-6-4-12-5-7-19-10-12/h2-3,5,7-8,10,17H,4,6H2,1H3. The second-order valence-corrected chi connectivity index (χ2v) is 5.02. The fraction of sp³-hybridized carbons (Fsp3) is 0.200. The van der Waals surface area contributed by atoms with Gasteiger partial charge in [-0.15, -0.1) is 0 Å². The lowest BCUT2D eigenvalue weighted by Gasteiger charge is -2.09. The lowest BCUT2D eigenvalue weighted by atomic mass is 10.1. The van der Waals surface area contributed by atoms with E-state index >= 15 is 0 Å². The Kier molecular flexibility index (Phi) is 4.32. The van der Waals surface area contributed by atoms with Crippen LogP contribution in [-0.2, 0) is 6.42 Å². The van der Waals surface area contributed by atoms with Crippen LogP contribution in [-0.4, -0.2) is 12.3 Å². The molecule has 1 aromatic heterocycles. The van der Waals surface area contributed by atoms with Crippen LogP contribution in [0.2, 0.25) is 0 Å². The van der Waals surface area contributed by atoms with Crippen LogP contribution in [0.3, 0.4) is 0 Å². The summed E-state index contributed by atoms with van der Waals surface area (Å²) in [6.07, 6.45) is 0.901. The van der Waals surface area contributed by atoms with E-state index in [2.05, 4.69) is 22.8 Å². The van der Waals surface area contributed by atoms with E-state index in [1.165, 1.54) is 12.5 Å². The molecule has 0 bridgehead atoms. The monoisotopic (exact) mass is 270 g/mol. The minimum absolute atomic E-state index is 0.00498. The number of ketones is 1. The predicted octanol–water partition coefficient (Wildman–Crippen LogP) is 3.48. The number of benzene rings is 1. The van der Waals surface area contributed by atoms with Crippen molar-refractivity contribution in [2.45, 2.75) is 13.3 Å². The van der Waals surface area contributed by atoms with Gasteiger partial charge in [0.2, 0.25) is 0 Å². The number of hydrogen-bond donors (Lipinski definition) is 1. The molecule has 0 aliphatic rings. The van der Waals surface area contributed by atoms with Crippen molar-refractivity contribution >= 4 is 22.8 Å². The van der Waals surface area contributed by atoms with Gasteiger partial charge in [0.15, 0.2) is 5.78 Å². The molecular formula is C15H14N2OS. The van der Waals surface area contributed by atoms with Gasteiger partial charge in [-0.25, -0.2) is 0 Å². The van der Waals surface area contributed by atoms with Crippen molar-refractivity contribution in [2.75, 3.05) is 11.9 Å². The van der Waals surface area contributed by atoms with Crippen LogP contribution in [0.5, 0.6) is 0 Å². The van der Waals surface area contributed by atoms with Crippen molar-refractivity contribution in [1.29, 1.82) is 5.26 Å². The van der Waals surface area contributed by atoms with Crippen LogP contribution in [0, 0.1) is 11.3 Å². The van der Waals surface area contributed by atoms with Crippen molar-refractivity contribution in [3.63, 3.8) is 0 Å². The average molecular weight is 270 g/mol. The Morgan fingerprint density at radius 3 is 2.89 bits per heavy atom. The summed E-state index contributed by atoms with van der Waals surface area (Å²) in [5.74, 6) is 0.00498. The van der Waals surface area contributed by atoms with Crippen LogP contribution in [0.25, 0.3) is 0 Å². The molecule has 4 heteroatoms. The number of Topliss-reactive ketones (excluding diaryl/α,β-unsaturated/α-hetero) is 1. The molecule has 1 heterocycles. The second-order valence-electron chi connectivity index (χ2n) is 4.24. The van der Waals surface area contributed by atoms with Crippen molar-refractivity contribution in [1.82, 2.24) is 0 Å². The molecule has 0 aliphatic heterocycles. The van der Waals surface area contributed by atoms with E-state index < -0.39 is 0 Å². The largest absolute Gasteiger partial charge is 0.384 e. The topological polar surface area (TPSA) is 52.9 Å². The Balaban J connectivity index is 2.07. The highest BCUT2D eigenvalue weighted by Gasteiger charge is 2.06. The Bertz CT molecular complexity index is 612. The highest BCUT2D eigenvalue weighted by atomic mass is 32.1. The fourth-order valence-electron chi connectivity index (χ4n) is 1.78. The summed E-state index contributed by atoms with van der Waals surface area (Å²) < 4.78 is 0. The van der Waals surface area contributed by atoms with E-state index in [0.717, 1.165) is 18.7 Å². The van der Waals surface area contributed by atoms with Gasteiger partial charge in [-0.1, -0.05) is 0 Å². The lowest BCUT2D eigenvalue weighted by Crippen LogP contribution is -2.07. The van der Waals surface area contributed by atoms with Crippen LogP contribution in [0.1, 0.15) is 28.4 Å². The minimum atomic E-state index is 0.00498. The maximum atomic E-state index is 11.3. The van der Waals surface area contributed by atoms with E-state index in [0.29, 0.717) is 11.1 Å². The first-order valence-corrected chi connectivity index (χ1v) is 6.95. The summed E-state index contributed by atoms with van der Waals surface area (Å²) in [6.45, 7) is 2.27. The minimum Gasteiger partial charge on any atom is -0.384 e. The van der Waals surface area contributed by atoms with Gasteiger partial charge in [0.25, 0.3) is 0 Å². The molecule has 96 valence electrons. The van der Waals surface area contributed by atoms with Crippen molar-refractivity contribution in [3.05, 3.63) is 51.7 Å². The zero-order valence-electron chi connectivity index (χ0n) is 10.6. The maximum absolute atomic E-state index is 11.3. The first-order valence-electron chi connectivity index (χ1n) is 6.00. The van der Waals surface area contributed by atoms with Gasteiger partial charge in [0.05, 0.1) is 11.3 Å². The van der Waals surface area contributed by atoms with Crippen LogP contribution in [0.4, 0.5) is 5.69 Å². The van der Waals surface area contributed by atoms with Crippen LogP contribution in [0.15, 0.2) is 35.0 Å². The summed E-state index contributed by atoms with van der Waals surface area (Å²) in [5.41, 5.74) is 3.19. The van der Waals surface area contributed by atoms with Gasteiger partial charge in [0.1, 0.15) is 6.07 Å². The van der Waals surface area contributed by atoms with Gasteiger partial charge >= 0.3 is 0 Å². The smallest absolute Gasteiger partial charge is 0.159 e. The second kappa shape index (κ2) is 6.17. The number of nitrogens with zero attached hydrogens (tertiary/aromatic N) is 1. The predicted molar refractivity (Wildman–Crippen MR) is 77.7 cm³/mol. The maximum Gasteiger partial charge on any atom is 0.159 e. The lowest BCUT2D eigenvalue weighted by molar-refractivity contribution is 0.101. The summed E-state index contributed by atoms with van der Waals surface area (Å²) in [5, 5.41) is 16.4. The summed E-state index contributed by atoms with van der Waals surface area (Å²) in [6, 6.07) is 9.33. The molecule has 1 N–H and O–H groups in total. The highest BCUT2D eigenvalue weighted by Crippen LogP contribution is 2.18. The highest BCUT2D eigenvalue weighted by molar-refractivity contribution is 7.07. The van der Waals surface area contributed by atoms with Gasteiger partial charge in [-0.2, -0.15) is 16.6 Å². The Morgan fingerprint density at radius 2 is 2.26 bits per heavy atom. The quantitative estimate of drug-likeness (QED) is 0.846. The van der Waals surface area contributed by atoms with Gasteiger partial charge in [-0.05, 0) is 53.9 Å². The first-order chi connectivity index (χ1) is 9.20. The molecule has 0 saturated heterocycles. The first kappa shape index (κ1) is 13.3. The summed E-state index contributed by atoms with van der Waals surface area (Å²) >= 11 is 1.68. The summed E-state index contributed by atoms with van der Waals surface area (Å²) in [7, 11) is 0. The molecule has 0 saturated carbocycles. The number of carbonyl (C=O) groups excluding carboxylic acids is 1. The number of hydrogen-bond acceptors (Lipinski definition) is 4. The van der Waals surface area contributed by atoms with E-state index in [-0.39, 0.29) is 5.78 Å². The Hall–Kier alpha value is -2.12. The third-order valence-corrected chi connectivity index (χ3v) is 3.59. The van der Waals surface area contributed by atoms with E-state index in [9.17, 15) is 4.79 Å². The number of rotatable bonds is 5. The fourth-order valence-corrected chi connectivity index (χ4v) is 2.49. The number of thiophene rings is 1. The number of carbonyl (C=O) groups is 1. The van der Waals surface area contributed by atoms with Crippen molar-refractivity contribution < 1.29 is 4.79 Å². The Labute approximate surface area is 116 Å². The van der Waals surface area contributed by atoms with Crippen molar-refractivity contribution in [3.8, 4) is 6.07 Å². The summed E-state index contributed by atoms with van der Waals surface area (Å²) in [4.78, 5) is 11.3. The molecule has 0 atom stereocenters. The van der Waals surface area contributed by atoms with E-state index in [4.69, 9.17) is 5.26 Å². The third kappa shape index (κ3) is 3.43. The molecule has 0 fully saturated rings. The van der Waals surface area contributed by atoms with Gasteiger partial charge in [-0.3, -0.25) is 4.79 Å². The van der Waals surface area contributed by atoms with Crippen molar-refractivity contribution in [2.24, 2.45) is 0 Å². The third-order valence-electron chi connectivity index (χ3n) is 2.86. The van der Waals surface area contributed by atoms with Gasteiger partial charge in [0, 0.05) is 12.1 Å². The zero-order valence-corrected chi connectivity index (χ0v) is 11.5. The van der Waals surface area contributed by atoms with Crippen LogP contribution >= 0.6 is 11.3 Å². The van der Waals surface area contributed by atoms with Crippen LogP contribution < -0.4 is 5.32 Å². The molecule has 0 spiro atoms. The number of anilines is 1. The molecule has 3 nitrogen and oxygen atoms in total. The molecule has 19 heavy (non-hydrogen) atoms. The molecule has 0 unspecified atom stereocenters. The van der Waals surface area contributed by atoms with E-state index in [1.54, 1.807) is 29.5 Å². The zero-order chi connectivity index (χ0) is 13.7. The molecule has 1 aromatic carbocycles. The number of nitriles is 1. The van der Waals surface area contributed by atoms with E-state index in [1.807, 2.05) is 5.38 Å². The molecule has 2 rings (SSSR count). The average Bonchev–Trinajstić information content (AvgIpc) is 2.91. The van der Waals surface area contributed by atoms with Gasteiger partial charge < -0.3 is 5.32 Å². The molecule has 0 aliphatic carbocycles. The molecular weight excluding hydrogens is 256 g/mol.